The first-order valence-corrected chi connectivity index (χ1v) is 6.75. The molecule has 0 aliphatic carbocycles. The Labute approximate surface area is 116 Å². The molecule has 3 nitrogen and oxygen atoms in total. The predicted octanol–water partition coefficient (Wildman–Crippen LogP) is 2.92. The summed E-state index contributed by atoms with van der Waals surface area (Å²) in [6.07, 6.45) is 7.83. The van der Waals surface area contributed by atoms with Crippen molar-refractivity contribution in [3.8, 4) is 12.3 Å². The predicted molar refractivity (Wildman–Crippen MR) is 77.3 cm³/mol. The quantitative estimate of drug-likeness (QED) is 0.626. The molecule has 1 aliphatic rings. The van der Waals surface area contributed by atoms with E-state index in [9.17, 15) is 9.59 Å². The standard InChI is InChI=1S/C15H13NO2S/c1-3-9-16-14(17)13(19-15(16)18)10-12-7-5-11(4-2)6-8-12/h1,5-8,10H,4,9H2,2H3/b13-10-. The second-order valence-electron chi connectivity index (χ2n) is 4.07. The van der Waals surface area contributed by atoms with E-state index >= 15 is 0 Å². The van der Waals surface area contributed by atoms with Gasteiger partial charge in [0.25, 0.3) is 11.1 Å². The Balaban J connectivity index is 2.22. The number of carbonyl (C=O) groups excluding carboxylic acids is 2. The topological polar surface area (TPSA) is 37.4 Å². The molecule has 1 fully saturated rings. The van der Waals surface area contributed by atoms with E-state index in [1.807, 2.05) is 24.3 Å². The Morgan fingerprint density at radius 3 is 2.58 bits per heavy atom. The highest BCUT2D eigenvalue weighted by molar-refractivity contribution is 8.18. The van der Waals surface area contributed by atoms with E-state index in [0.29, 0.717) is 4.91 Å². The van der Waals surface area contributed by atoms with Crippen molar-refractivity contribution < 1.29 is 9.59 Å². The number of nitrogens with zero attached hydrogens (tertiary/aromatic N) is 1. The molecule has 1 aliphatic heterocycles. The van der Waals surface area contributed by atoms with Gasteiger partial charge in [-0.15, -0.1) is 6.42 Å². The Morgan fingerprint density at radius 1 is 1.32 bits per heavy atom. The fraction of sp³-hybridized carbons (Fsp3) is 0.200. The zero-order valence-corrected chi connectivity index (χ0v) is 11.4. The van der Waals surface area contributed by atoms with Gasteiger partial charge in [-0.1, -0.05) is 37.1 Å². The molecule has 0 aromatic heterocycles. The first kappa shape index (κ1) is 13.4. The molecule has 2 amide bonds. The molecule has 96 valence electrons. The summed E-state index contributed by atoms with van der Waals surface area (Å²) in [6.45, 7) is 2.11. The summed E-state index contributed by atoms with van der Waals surface area (Å²) in [6, 6.07) is 7.90. The normalized spacial score (nSPS) is 17.1. The fourth-order valence-corrected chi connectivity index (χ4v) is 2.57. The Hall–Kier alpha value is -1.99. The maximum atomic E-state index is 12.0. The summed E-state index contributed by atoms with van der Waals surface area (Å²) in [7, 11) is 0. The van der Waals surface area contributed by atoms with Crippen LogP contribution in [0.2, 0.25) is 0 Å². The third kappa shape index (κ3) is 2.88. The van der Waals surface area contributed by atoms with Gasteiger partial charge in [0.2, 0.25) is 0 Å². The minimum Gasteiger partial charge on any atom is -0.268 e. The summed E-state index contributed by atoms with van der Waals surface area (Å²) in [5.74, 6) is 2.00. The smallest absolute Gasteiger partial charge is 0.268 e. The van der Waals surface area contributed by atoms with Gasteiger partial charge in [-0.25, -0.2) is 0 Å². The summed E-state index contributed by atoms with van der Waals surface area (Å²) in [5, 5.41) is -0.306. The van der Waals surface area contributed by atoms with Crippen LogP contribution in [0.4, 0.5) is 4.79 Å². The van der Waals surface area contributed by atoms with Crippen LogP contribution in [0.25, 0.3) is 6.08 Å². The molecule has 0 atom stereocenters. The second-order valence-corrected chi connectivity index (χ2v) is 5.06. The molecule has 1 aromatic carbocycles. The number of hydrogen-bond acceptors (Lipinski definition) is 3. The van der Waals surface area contributed by atoms with E-state index in [1.54, 1.807) is 6.08 Å². The van der Waals surface area contributed by atoms with Crippen LogP contribution in [0.3, 0.4) is 0 Å². The van der Waals surface area contributed by atoms with Gasteiger partial charge in [0.05, 0.1) is 11.4 Å². The van der Waals surface area contributed by atoms with Crippen molar-refractivity contribution in [2.45, 2.75) is 13.3 Å². The Bertz CT molecular complexity index is 581. The molecular formula is C15H13NO2S. The van der Waals surface area contributed by atoms with Crippen molar-refractivity contribution >= 4 is 29.0 Å². The SMILES string of the molecule is C#CCN1C(=O)S/C(=C\c2ccc(CC)cc2)C1=O. The van der Waals surface area contributed by atoms with E-state index in [2.05, 4.69) is 12.8 Å². The molecular weight excluding hydrogens is 258 g/mol. The van der Waals surface area contributed by atoms with Crippen LogP contribution < -0.4 is 0 Å². The number of aryl methyl sites for hydroxylation is 1. The van der Waals surface area contributed by atoms with E-state index in [-0.39, 0.29) is 17.7 Å². The lowest BCUT2D eigenvalue weighted by atomic mass is 10.1. The molecule has 0 saturated carbocycles. The average molecular weight is 271 g/mol. The molecule has 0 bridgehead atoms. The first-order chi connectivity index (χ1) is 9.15. The van der Waals surface area contributed by atoms with Crippen molar-refractivity contribution in [2.24, 2.45) is 0 Å². The van der Waals surface area contributed by atoms with Crippen LogP contribution >= 0.6 is 11.8 Å². The van der Waals surface area contributed by atoms with Crippen molar-refractivity contribution in [1.82, 2.24) is 4.90 Å². The molecule has 0 N–H and O–H groups in total. The number of thioether (sulfide) groups is 1. The van der Waals surface area contributed by atoms with Gasteiger partial charge < -0.3 is 0 Å². The first-order valence-electron chi connectivity index (χ1n) is 5.93. The number of rotatable bonds is 3. The van der Waals surface area contributed by atoms with Crippen LogP contribution in [0, 0.1) is 12.3 Å². The van der Waals surface area contributed by atoms with E-state index in [1.165, 1.54) is 5.56 Å². The van der Waals surface area contributed by atoms with Crippen molar-refractivity contribution in [3.63, 3.8) is 0 Å². The monoisotopic (exact) mass is 271 g/mol. The summed E-state index contributed by atoms with van der Waals surface area (Å²) in [4.78, 5) is 25.1. The Kier molecular flexibility index (Phi) is 4.08. The van der Waals surface area contributed by atoms with E-state index in [0.717, 1.165) is 28.6 Å². The molecule has 19 heavy (non-hydrogen) atoms. The second kappa shape index (κ2) is 5.77. The van der Waals surface area contributed by atoms with Crippen LogP contribution in [0.1, 0.15) is 18.1 Å². The fourth-order valence-electron chi connectivity index (χ4n) is 1.73. The van der Waals surface area contributed by atoms with Crippen molar-refractivity contribution in [1.29, 1.82) is 0 Å². The highest BCUT2D eigenvalue weighted by Crippen LogP contribution is 2.31. The van der Waals surface area contributed by atoms with Crippen LogP contribution in [-0.4, -0.2) is 22.6 Å². The minimum atomic E-state index is -0.312. The molecule has 1 saturated heterocycles. The highest BCUT2D eigenvalue weighted by atomic mass is 32.2. The van der Waals surface area contributed by atoms with Gasteiger partial charge >= 0.3 is 0 Å². The third-order valence-electron chi connectivity index (χ3n) is 2.81. The van der Waals surface area contributed by atoms with E-state index in [4.69, 9.17) is 6.42 Å². The molecule has 0 radical (unpaired) electrons. The van der Waals surface area contributed by atoms with Crippen LogP contribution in [0.5, 0.6) is 0 Å². The number of benzene rings is 1. The summed E-state index contributed by atoms with van der Waals surface area (Å²) < 4.78 is 0. The summed E-state index contributed by atoms with van der Waals surface area (Å²) >= 11 is 0.930. The summed E-state index contributed by atoms with van der Waals surface area (Å²) in [5.41, 5.74) is 2.14. The van der Waals surface area contributed by atoms with Crippen molar-refractivity contribution in [3.05, 3.63) is 40.3 Å². The van der Waals surface area contributed by atoms with Gasteiger partial charge in [0.1, 0.15) is 0 Å². The van der Waals surface area contributed by atoms with Gasteiger partial charge in [-0.2, -0.15) is 0 Å². The molecule has 4 heteroatoms. The van der Waals surface area contributed by atoms with E-state index < -0.39 is 0 Å². The van der Waals surface area contributed by atoms with Crippen LogP contribution in [0.15, 0.2) is 29.2 Å². The lowest BCUT2D eigenvalue weighted by Gasteiger charge is -2.06. The lowest BCUT2D eigenvalue weighted by Crippen LogP contribution is -2.28. The van der Waals surface area contributed by atoms with Gasteiger partial charge in [0, 0.05) is 0 Å². The molecule has 1 heterocycles. The largest absolute Gasteiger partial charge is 0.294 e. The zero-order valence-electron chi connectivity index (χ0n) is 10.6. The molecule has 2 rings (SSSR count). The average Bonchev–Trinajstić information content (AvgIpc) is 2.68. The lowest BCUT2D eigenvalue weighted by molar-refractivity contribution is -0.122. The number of terminal acetylenes is 1. The van der Waals surface area contributed by atoms with Gasteiger partial charge in [-0.05, 0) is 35.4 Å². The maximum absolute atomic E-state index is 12.0. The maximum Gasteiger partial charge on any atom is 0.294 e. The Morgan fingerprint density at radius 2 is 2.00 bits per heavy atom. The molecule has 0 spiro atoms. The van der Waals surface area contributed by atoms with Crippen molar-refractivity contribution in [2.75, 3.05) is 6.54 Å². The molecule has 1 aromatic rings. The molecule has 0 unspecified atom stereocenters. The number of hydrogen-bond donors (Lipinski definition) is 0. The van der Waals surface area contributed by atoms with Gasteiger partial charge in [0.15, 0.2) is 0 Å². The minimum absolute atomic E-state index is 0.0246. The van der Waals surface area contributed by atoms with Crippen LogP contribution in [-0.2, 0) is 11.2 Å². The number of imide groups is 1. The number of carbonyl (C=O) groups is 2. The zero-order chi connectivity index (χ0) is 13.8. The van der Waals surface area contributed by atoms with Gasteiger partial charge in [-0.3, -0.25) is 14.5 Å². The highest BCUT2D eigenvalue weighted by Gasteiger charge is 2.34. The number of amides is 2. The third-order valence-corrected chi connectivity index (χ3v) is 3.72.